The van der Waals surface area contributed by atoms with Gasteiger partial charge in [-0.1, -0.05) is 18.2 Å². The zero-order chi connectivity index (χ0) is 17.4. The lowest BCUT2D eigenvalue weighted by Gasteiger charge is -2.07. The molecule has 2 aromatic rings. The summed E-state index contributed by atoms with van der Waals surface area (Å²) in [6, 6.07) is 13.8. The number of hydrogen-bond donors (Lipinski definition) is 2. The van der Waals surface area contributed by atoms with Gasteiger partial charge in [-0.3, -0.25) is 9.59 Å². The normalized spacial score (nSPS) is 10.2. The monoisotopic (exact) mass is 327 g/mol. The largest absolute Gasteiger partial charge is 0.497 e. The number of carbonyl (C=O) groups is 2. The lowest BCUT2D eigenvalue weighted by Crippen LogP contribution is -2.32. The van der Waals surface area contributed by atoms with Crippen LogP contribution in [-0.4, -0.2) is 32.2 Å². The average Bonchev–Trinajstić information content (AvgIpc) is 2.62. The molecule has 2 amide bonds. The molecule has 124 valence electrons. The summed E-state index contributed by atoms with van der Waals surface area (Å²) >= 11 is 0. The van der Waals surface area contributed by atoms with E-state index in [2.05, 4.69) is 15.8 Å². The number of methoxy groups -OCH3 is 2. The second kappa shape index (κ2) is 8.33. The molecule has 0 saturated heterocycles. The molecule has 0 fully saturated rings. The molecular weight excluding hydrogens is 310 g/mol. The summed E-state index contributed by atoms with van der Waals surface area (Å²) in [5.74, 6) is -0.513. The van der Waals surface area contributed by atoms with Gasteiger partial charge in [0.25, 0.3) is 0 Å². The van der Waals surface area contributed by atoms with Crippen molar-refractivity contribution in [1.29, 1.82) is 0 Å². The smallest absolute Gasteiger partial charge is 0.329 e. The molecule has 2 aromatic carbocycles. The molecule has 0 bridgehead atoms. The van der Waals surface area contributed by atoms with E-state index in [1.54, 1.807) is 49.6 Å². The predicted octanol–water partition coefficient (Wildman–Crippen LogP) is 1.79. The topological polar surface area (TPSA) is 89.0 Å². The van der Waals surface area contributed by atoms with Crippen molar-refractivity contribution in [2.24, 2.45) is 5.10 Å². The second-order valence-corrected chi connectivity index (χ2v) is 4.63. The van der Waals surface area contributed by atoms with E-state index in [-0.39, 0.29) is 0 Å². The number of nitrogens with zero attached hydrogens (tertiary/aromatic N) is 1. The zero-order valence-corrected chi connectivity index (χ0v) is 13.3. The van der Waals surface area contributed by atoms with Crippen LogP contribution in [0, 0.1) is 0 Å². The van der Waals surface area contributed by atoms with Crippen molar-refractivity contribution >= 4 is 23.7 Å². The van der Waals surface area contributed by atoms with Crippen LogP contribution in [0.2, 0.25) is 0 Å². The summed E-state index contributed by atoms with van der Waals surface area (Å²) in [5.41, 5.74) is 3.28. The van der Waals surface area contributed by atoms with Gasteiger partial charge in [0.1, 0.15) is 11.5 Å². The molecule has 0 aliphatic heterocycles. The molecule has 0 unspecified atom stereocenters. The van der Waals surface area contributed by atoms with E-state index in [0.29, 0.717) is 22.7 Å². The van der Waals surface area contributed by atoms with E-state index >= 15 is 0 Å². The Balaban J connectivity index is 1.98. The number of hydrogen-bond acceptors (Lipinski definition) is 5. The predicted molar refractivity (Wildman–Crippen MR) is 90.4 cm³/mol. The van der Waals surface area contributed by atoms with E-state index in [9.17, 15) is 9.59 Å². The zero-order valence-electron chi connectivity index (χ0n) is 13.3. The number of hydrazone groups is 1. The molecule has 2 rings (SSSR count). The number of rotatable bonds is 5. The molecule has 0 atom stereocenters. The third-order valence-electron chi connectivity index (χ3n) is 3.04. The van der Waals surface area contributed by atoms with Crippen molar-refractivity contribution in [1.82, 2.24) is 5.43 Å². The van der Waals surface area contributed by atoms with Crippen LogP contribution in [0.4, 0.5) is 5.69 Å². The van der Waals surface area contributed by atoms with Crippen LogP contribution in [0.25, 0.3) is 0 Å². The van der Waals surface area contributed by atoms with Gasteiger partial charge >= 0.3 is 11.8 Å². The van der Waals surface area contributed by atoms with E-state index in [4.69, 9.17) is 9.47 Å². The summed E-state index contributed by atoms with van der Waals surface area (Å²) in [7, 11) is 3.06. The van der Waals surface area contributed by atoms with Gasteiger partial charge in [0, 0.05) is 11.3 Å². The quantitative estimate of drug-likeness (QED) is 0.498. The van der Waals surface area contributed by atoms with Crippen LogP contribution in [0.3, 0.4) is 0 Å². The Labute approximate surface area is 139 Å². The Kier molecular flexibility index (Phi) is 5.90. The summed E-state index contributed by atoms with van der Waals surface area (Å²) < 4.78 is 10.3. The van der Waals surface area contributed by atoms with Crippen molar-refractivity contribution < 1.29 is 19.1 Å². The van der Waals surface area contributed by atoms with Gasteiger partial charge in [-0.15, -0.1) is 0 Å². The van der Waals surface area contributed by atoms with Crippen molar-refractivity contribution in [3.63, 3.8) is 0 Å². The highest BCUT2D eigenvalue weighted by molar-refractivity contribution is 6.39. The van der Waals surface area contributed by atoms with Gasteiger partial charge in [-0.25, -0.2) is 5.43 Å². The maximum atomic E-state index is 11.7. The first-order valence-electron chi connectivity index (χ1n) is 7.05. The van der Waals surface area contributed by atoms with E-state index in [1.807, 2.05) is 6.07 Å². The van der Waals surface area contributed by atoms with Gasteiger partial charge in [0.05, 0.1) is 20.4 Å². The van der Waals surface area contributed by atoms with Crippen LogP contribution < -0.4 is 20.2 Å². The maximum Gasteiger partial charge on any atom is 0.329 e. The molecule has 0 aromatic heterocycles. The fourth-order valence-corrected chi connectivity index (χ4v) is 1.86. The van der Waals surface area contributed by atoms with E-state index in [0.717, 1.165) is 0 Å². The van der Waals surface area contributed by atoms with Crippen molar-refractivity contribution in [2.75, 3.05) is 19.5 Å². The Morgan fingerprint density at radius 1 is 1.00 bits per heavy atom. The highest BCUT2D eigenvalue weighted by Crippen LogP contribution is 2.22. The Morgan fingerprint density at radius 3 is 2.42 bits per heavy atom. The molecular formula is C17H17N3O4. The standard InChI is InChI=1S/C17H17N3O4/c1-23-14-8-9-15(24-2)12(10-14)11-18-20-17(22)16(21)19-13-6-4-3-5-7-13/h3-11H,1-2H3,(H,19,21)(H,20,22). The van der Waals surface area contributed by atoms with Crippen molar-refractivity contribution in [2.45, 2.75) is 0 Å². The van der Waals surface area contributed by atoms with Gasteiger partial charge in [0.2, 0.25) is 0 Å². The van der Waals surface area contributed by atoms with E-state index in [1.165, 1.54) is 13.3 Å². The minimum absolute atomic E-state index is 0.524. The van der Waals surface area contributed by atoms with Gasteiger partial charge in [-0.05, 0) is 30.3 Å². The fourth-order valence-electron chi connectivity index (χ4n) is 1.86. The SMILES string of the molecule is COc1ccc(OC)c(C=NNC(=O)C(=O)Nc2ccccc2)c1. The molecule has 0 aliphatic carbocycles. The number of ether oxygens (including phenoxy) is 2. The highest BCUT2D eigenvalue weighted by atomic mass is 16.5. The molecule has 0 saturated carbocycles. The minimum Gasteiger partial charge on any atom is -0.497 e. The van der Waals surface area contributed by atoms with Crippen LogP contribution in [0.5, 0.6) is 11.5 Å². The third kappa shape index (κ3) is 4.57. The summed E-state index contributed by atoms with van der Waals surface area (Å²) in [5, 5.41) is 6.23. The molecule has 7 heteroatoms. The summed E-state index contributed by atoms with van der Waals surface area (Å²) in [4.78, 5) is 23.5. The third-order valence-corrected chi connectivity index (χ3v) is 3.04. The maximum absolute atomic E-state index is 11.7. The number of amides is 2. The molecule has 7 nitrogen and oxygen atoms in total. The molecule has 24 heavy (non-hydrogen) atoms. The van der Waals surface area contributed by atoms with Gasteiger partial charge in [-0.2, -0.15) is 5.10 Å². The lowest BCUT2D eigenvalue weighted by molar-refractivity contribution is -0.136. The fraction of sp³-hybridized carbons (Fsp3) is 0.118. The summed E-state index contributed by atoms with van der Waals surface area (Å²) in [6.45, 7) is 0. The number of para-hydroxylation sites is 1. The first-order chi connectivity index (χ1) is 11.6. The van der Waals surface area contributed by atoms with Crippen LogP contribution in [0.15, 0.2) is 53.6 Å². The Hall–Kier alpha value is -3.35. The van der Waals surface area contributed by atoms with Crippen molar-refractivity contribution in [3.8, 4) is 11.5 Å². The lowest BCUT2D eigenvalue weighted by atomic mass is 10.2. The Morgan fingerprint density at radius 2 is 1.75 bits per heavy atom. The molecule has 0 aliphatic rings. The number of carbonyl (C=O) groups excluding carboxylic acids is 2. The number of anilines is 1. The second-order valence-electron chi connectivity index (χ2n) is 4.63. The minimum atomic E-state index is -0.878. The number of benzene rings is 2. The number of nitrogens with one attached hydrogen (secondary N) is 2. The van der Waals surface area contributed by atoms with Gasteiger partial charge < -0.3 is 14.8 Å². The molecule has 0 spiro atoms. The van der Waals surface area contributed by atoms with Crippen LogP contribution in [0.1, 0.15) is 5.56 Å². The Bertz CT molecular complexity index is 745. The van der Waals surface area contributed by atoms with Crippen molar-refractivity contribution in [3.05, 3.63) is 54.1 Å². The average molecular weight is 327 g/mol. The molecule has 0 radical (unpaired) electrons. The highest BCUT2D eigenvalue weighted by Gasteiger charge is 2.12. The first kappa shape index (κ1) is 17.0. The molecule has 0 heterocycles. The summed E-state index contributed by atoms with van der Waals surface area (Å²) in [6.07, 6.45) is 1.37. The van der Waals surface area contributed by atoms with Crippen LogP contribution >= 0.6 is 0 Å². The molecule has 2 N–H and O–H groups in total. The van der Waals surface area contributed by atoms with Crippen LogP contribution in [-0.2, 0) is 9.59 Å². The first-order valence-corrected chi connectivity index (χ1v) is 7.05. The van der Waals surface area contributed by atoms with Gasteiger partial charge in [0.15, 0.2) is 0 Å². The van der Waals surface area contributed by atoms with E-state index < -0.39 is 11.8 Å².